The fraction of sp³-hybridized carbons (Fsp3) is 0.923. The molecule has 6 heteroatoms. The van der Waals surface area contributed by atoms with Crippen molar-refractivity contribution in [3.05, 3.63) is 0 Å². The summed E-state index contributed by atoms with van der Waals surface area (Å²) in [6, 6.07) is 0. The molecule has 0 amide bonds. The van der Waals surface area contributed by atoms with Crippen molar-refractivity contribution in [2.24, 2.45) is 3.95 Å². The molecule has 0 aromatic heterocycles. The average molecular weight is 331 g/mol. The molecule has 0 fully saturated rings. The standard InChI is InChI=1S/C13H32GeN5/c1-9-18(10-2)14(19(11-3)12-4)15-13(16(5)6)17(7)8/h9-12H2,1-8H3. The van der Waals surface area contributed by atoms with Crippen LogP contribution in [-0.4, -0.2) is 92.9 Å². The molecule has 19 heavy (non-hydrogen) atoms. The average Bonchev–Trinajstić information content (AvgIpc) is 2.36. The van der Waals surface area contributed by atoms with Crippen LogP contribution in [0.25, 0.3) is 0 Å². The van der Waals surface area contributed by atoms with Crippen LogP contribution in [0.15, 0.2) is 3.95 Å². The van der Waals surface area contributed by atoms with Crippen molar-refractivity contribution in [3.8, 4) is 0 Å². The molecule has 0 heterocycles. The molecule has 0 saturated carbocycles. The monoisotopic (exact) mass is 332 g/mol. The van der Waals surface area contributed by atoms with Crippen molar-refractivity contribution in [3.63, 3.8) is 0 Å². The predicted octanol–water partition coefficient (Wildman–Crippen LogP) is 1.13. The zero-order chi connectivity index (χ0) is 15.0. The van der Waals surface area contributed by atoms with Gasteiger partial charge in [-0.2, -0.15) is 0 Å². The van der Waals surface area contributed by atoms with Crippen LogP contribution in [0.4, 0.5) is 0 Å². The van der Waals surface area contributed by atoms with Gasteiger partial charge in [0, 0.05) is 0 Å². The third-order valence-corrected chi connectivity index (χ3v) is 8.96. The zero-order valence-corrected chi connectivity index (χ0v) is 16.2. The van der Waals surface area contributed by atoms with Crippen LogP contribution >= 0.6 is 0 Å². The summed E-state index contributed by atoms with van der Waals surface area (Å²) >= 11 is -1.78. The summed E-state index contributed by atoms with van der Waals surface area (Å²) in [6.07, 6.45) is 0. The van der Waals surface area contributed by atoms with Gasteiger partial charge < -0.3 is 0 Å². The first-order valence-corrected chi connectivity index (χ1v) is 10.0. The Morgan fingerprint density at radius 1 is 0.737 bits per heavy atom. The van der Waals surface area contributed by atoms with Crippen LogP contribution in [-0.2, 0) is 0 Å². The van der Waals surface area contributed by atoms with Gasteiger partial charge in [-0.25, -0.2) is 0 Å². The second-order valence-corrected chi connectivity index (χ2v) is 9.23. The Morgan fingerprint density at radius 3 is 1.26 bits per heavy atom. The number of hydrogen-bond donors (Lipinski definition) is 0. The molecule has 5 nitrogen and oxygen atoms in total. The van der Waals surface area contributed by atoms with Crippen LogP contribution in [0.5, 0.6) is 0 Å². The molecule has 0 rings (SSSR count). The Labute approximate surface area is 125 Å². The van der Waals surface area contributed by atoms with Crippen LogP contribution in [0.3, 0.4) is 0 Å². The molecule has 0 atom stereocenters. The second-order valence-electron chi connectivity index (χ2n) is 4.85. The first kappa shape index (κ1) is 18.7. The molecular weight excluding hydrogens is 299 g/mol. The SMILES string of the molecule is CC[N](CC)[Ge]([N]=C(N(C)C)N(C)C)[N](CC)CC. The molecule has 113 valence electrons. The molecule has 0 aromatic carbocycles. The summed E-state index contributed by atoms with van der Waals surface area (Å²) in [5, 5.41) is 0. The van der Waals surface area contributed by atoms with Crippen molar-refractivity contribution >= 4 is 21.0 Å². The van der Waals surface area contributed by atoms with E-state index in [1.54, 1.807) is 0 Å². The van der Waals surface area contributed by atoms with Gasteiger partial charge in [-0.15, -0.1) is 0 Å². The Kier molecular flexibility index (Phi) is 9.47. The van der Waals surface area contributed by atoms with Gasteiger partial charge in [0.25, 0.3) is 0 Å². The van der Waals surface area contributed by atoms with Gasteiger partial charge in [-0.05, 0) is 0 Å². The zero-order valence-electron chi connectivity index (χ0n) is 14.1. The number of nitrogens with zero attached hydrogens (tertiary/aromatic N) is 5. The van der Waals surface area contributed by atoms with Crippen molar-refractivity contribution < 1.29 is 0 Å². The van der Waals surface area contributed by atoms with Crippen molar-refractivity contribution in [1.82, 2.24) is 17.5 Å². The molecule has 0 saturated heterocycles. The maximum atomic E-state index is 5.15. The fourth-order valence-electron chi connectivity index (χ4n) is 2.04. The molecule has 0 spiro atoms. The van der Waals surface area contributed by atoms with E-state index in [2.05, 4.69) is 73.4 Å². The third kappa shape index (κ3) is 5.71. The molecule has 1 radical (unpaired) electrons. The van der Waals surface area contributed by atoms with Crippen molar-refractivity contribution in [2.75, 3.05) is 54.4 Å². The molecular formula is C13H32GeN5. The number of guanidine groups is 1. The van der Waals surface area contributed by atoms with Gasteiger partial charge in [0.05, 0.1) is 0 Å². The van der Waals surface area contributed by atoms with Gasteiger partial charge >= 0.3 is 125 Å². The molecule has 0 aliphatic heterocycles. The van der Waals surface area contributed by atoms with Gasteiger partial charge in [-0.3, -0.25) is 0 Å². The molecule has 0 N–H and O–H groups in total. The Bertz CT molecular complexity index is 238. The summed E-state index contributed by atoms with van der Waals surface area (Å²) in [5.41, 5.74) is 0. The minimum absolute atomic E-state index is 1.08. The molecule has 0 aromatic rings. The predicted molar refractivity (Wildman–Crippen MR) is 86.4 cm³/mol. The summed E-state index contributed by atoms with van der Waals surface area (Å²) in [6.45, 7) is 13.3. The van der Waals surface area contributed by atoms with Crippen LogP contribution in [0.1, 0.15) is 27.7 Å². The fourth-order valence-corrected chi connectivity index (χ4v) is 7.06. The molecule has 0 aliphatic carbocycles. The first-order chi connectivity index (χ1) is 8.92. The summed E-state index contributed by atoms with van der Waals surface area (Å²) in [7, 11) is 8.27. The molecule has 0 bridgehead atoms. The van der Waals surface area contributed by atoms with Crippen LogP contribution in [0, 0.1) is 0 Å². The van der Waals surface area contributed by atoms with E-state index in [0.29, 0.717) is 0 Å². The summed E-state index contributed by atoms with van der Waals surface area (Å²) in [4.78, 5) is 4.22. The summed E-state index contributed by atoms with van der Waals surface area (Å²) < 4.78 is 10.3. The van der Waals surface area contributed by atoms with Crippen molar-refractivity contribution in [1.29, 1.82) is 0 Å². The van der Waals surface area contributed by atoms with E-state index >= 15 is 0 Å². The maximum absolute atomic E-state index is 5.15. The van der Waals surface area contributed by atoms with E-state index in [1.165, 1.54) is 0 Å². The van der Waals surface area contributed by atoms with E-state index in [0.717, 1.165) is 32.1 Å². The second kappa shape index (κ2) is 9.61. The number of rotatable bonds is 7. The van der Waals surface area contributed by atoms with Gasteiger partial charge in [-0.1, -0.05) is 0 Å². The third-order valence-electron chi connectivity index (χ3n) is 3.09. The van der Waals surface area contributed by atoms with Crippen LogP contribution in [0.2, 0.25) is 0 Å². The van der Waals surface area contributed by atoms with E-state index in [4.69, 9.17) is 3.95 Å². The first-order valence-electron chi connectivity index (χ1n) is 7.22. The molecule has 0 aliphatic rings. The summed E-state index contributed by atoms with van der Waals surface area (Å²) in [5.74, 6) is 1.08. The minimum atomic E-state index is -1.78. The normalized spacial score (nSPS) is 11.3. The van der Waals surface area contributed by atoms with Gasteiger partial charge in [0.15, 0.2) is 0 Å². The van der Waals surface area contributed by atoms with Gasteiger partial charge in [0.1, 0.15) is 0 Å². The Morgan fingerprint density at radius 2 is 1.05 bits per heavy atom. The van der Waals surface area contributed by atoms with Gasteiger partial charge in [0.2, 0.25) is 0 Å². The van der Waals surface area contributed by atoms with E-state index < -0.39 is 15.0 Å². The molecule has 0 unspecified atom stereocenters. The van der Waals surface area contributed by atoms with E-state index in [1.807, 2.05) is 0 Å². The van der Waals surface area contributed by atoms with Crippen LogP contribution < -0.4 is 0 Å². The quantitative estimate of drug-likeness (QED) is 0.397. The van der Waals surface area contributed by atoms with E-state index in [-0.39, 0.29) is 0 Å². The number of hydrogen-bond acceptors (Lipinski definition) is 3. The van der Waals surface area contributed by atoms with E-state index in [9.17, 15) is 0 Å². The Hall–Kier alpha value is -0.267. The van der Waals surface area contributed by atoms with Crippen molar-refractivity contribution in [2.45, 2.75) is 27.7 Å². The topological polar surface area (TPSA) is 25.3 Å². The Balaban J connectivity index is 5.38.